The lowest BCUT2D eigenvalue weighted by atomic mass is 10.1. The molecule has 0 aliphatic heterocycles. The Kier molecular flexibility index (Phi) is 4.56. The Morgan fingerprint density at radius 1 is 1.11 bits per heavy atom. The van der Waals surface area contributed by atoms with Gasteiger partial charge in [-0.25, -0.2) is 8.78 Å². The summed E-state index contributed by atoms with van der Waals surface area (Å²) in [5.41, 5.74) is 1.52. The van der Waals surface area contributed by atoms with Crippen LogP contribution < -0.4 is 0 Å². The van der Waals surface area contributed by atoms with Crippen molar-refractivity contribution in [3.8, 4) is 0 Å². The Labute approximate surface area is 115 Å². The molecule has 19 heavy (non-hydrogen) atoms. The van der Waals surface area contributed by atoms with E-state index in [4.69, 9.17) is 0 Å². The summed E-state index contributed by atoms with van der Waals surface area (Å²) in [4.78, 5) is 1.07. The molecule has 0 amide bonds. The molecular weight excluding hydrogens is 266 g/mol. The van der Waals surface area contributed by atoms with E-state index < -0.39 is 17.7 Å². The van der Waals surface area contributed by atoms with Gasteiger partial charge in [-0.1, -0.05) is 24.3 Å². The molecule has 0 saturated carbocycles. The minimum Gasteiger partial charge on any atom is -0.388 e. The Balaban J connectivity index is 2.03. The molecule has 0 radical (unpaired) electrons. The summed E-state index contributed by atoms with van der Waals surface area (Å²) in [6.45, 7) is 1.99. The van der Waals surface area contributed by atoms with Crippen molar-refractivity contribution in [2.75, 3.05) is 5.75 Å². The molecule has 1 nitrogen and oxygen atoms in total. The van der Waals surface area contributed by atoms with Gasteiger partial charge in [0.25, 0.3) is 0 Å². The van der Waals surface area contributed by atoms with Crippen LogP contribution in [0.2, 0.25) is 0 Å². The lowest BCUT2D eigenvalue weighted by Crippen LogP contribution is -2.02. The van der Waals surface area contributed by atoms with Crippen LogP contribution in [-0.4, -0.2) is 10.9 Å². The molecule has 0 fully saturated rings. The number of aryl methyl sites for hydroxylation is 1. The molecule has 2 aromatic carbocycles. The molecule has 0 saturated heterocycles. The van der Waals surface area contributed by atoms with E-state index in [-0.39, 0.29) is 0 Å². The monoisotopic (exact) mass is 280 g/mol. The van der Waals surface area contributed by atoms with Gasteiger partial charge in [-0.15, -0.1) is 11.8 Å². The van der Waals surface area contributed by atoms with Gasteiger partial charge in [0.1, 0.15) is 0 Å². The normalized spacial score (nSPS) is 12.4. The maximum Gasteiger partial charge on any atom is 0.159 e. The highest BCUT2D eigenvalue weighted by molar-refractivity contribution is 7.99. The van der Waals surface area contributed by atoms with E-state index in [0.29, 0.717) is 11.3 Å². The second kappa shape index (κ2) is 6.17. The first-order valence-electron chi connectivity index (χ1n) is 5.89. The van der Waals surface area contributed by atoms with Gasteiger partial charge in [-0.2, -0.15) is 0 Å². The first kappa shape index (κ1) is 14.0. The van der Waals surface area contributed by atoms with Gasteiger partial charge in [0.2, 0.25) is 0 Å². The zero-order chi connectivity index (χ0) is 13.8. The molecule has 0 aromatic heterocycles. The van der Waals surface area contributed by atoms with Crippen molar-refractivity contribution in [1.29, 1.82) is 0 Å². The number of halogens is 2. The maximum absolute atomic E-state index is 13.1. The van der Waals surface area contributed by atoms with Crippen LogP contribution in [0.3, 0.4) is 0 Å². The van der Waals surface area contributed by atoms with Crippen LogP contribution in [0.25, 0.3) is 0 Å². The van der Waals surface area contributed by atoms with Crippen LogP contribution >= 0.6 is 11.8 Å². The number of aliphatic hydroxyl groups excluding tert-OH is 1. The first-order chi connectivity index (χ1) is 9.08. The molecule has 2 rings (SSSR count). The van der Waals surface area contributed by atoms with Crippen LogP contribution in [0, 0.1) is 18.6 Å². The summed E-state index contributed by atoms with van der Waals surface area (Å²) in [5, 5.41) is 9.98. The molecule has 0 spiro atoms. The van der Waals surface area contributed by atoms with Crippen molar-refractivity contribution in [3.05, 3.63) is 65.2 Å². The Morgan fingerprint density at radius 2 is 1.84 bits per heavy atom. The SMILES string of the molecule is Cc1ccccc1SCC(O)c1ccc(F)c(F)c1. The topological polar surface area (TPSA) is 20.2 Å². The summed E-state index contributed by atoms with van der Waals surface area (Å²) >= 11 is 1.49. The van der Waals surface area contributed by atoms with Crippen molar-refractivity contribution < 1.29 is 13.9 Å². The van der Waals surface area contributed by atoms with Crippen LogP contribution in [0.15, 0.2) is 47.4 Å². The fourth-order valence-corrected chi connectivity index (χ4v) is 2.70. The van der Waals surface area contributed by atoms with E-state index in [1.54, 1.807) is 0 Å². The van der Waals surface area contributed by atoms with E-state index in [2.05, 4.69) is 0 Å². The van der Waals surface area contributed by atoms with Crippen LogP contribution in [-0.2, 0) is 0 Å². The van der Waals surface area contributed by atoms with Crippen LogP contribution in [0.4, 0.5) is 8.78 Å². The Morgan fingerprint density at radius 3 is 2.53 bits per heavy atom. The van der Waals surface area contributed by atoms with Gasteiger partial charge in [0, 0.05) is 10.6 Å². The predicted molar refractivity (Wildman–Crippen MR) is 73.2 cm³/mol. The minimum atomic E-state index is -0.933. The van der Waals surface area contributed by atoms with Crippen LogP contribution in [0.1, 0.15) is 17.2 Å². The molecule has 4 heteroatoms. The molecule has 1 N–H and O–H groups in total. The minimum absolute atomic E-state index is 0.389. The second-order valence-corrected chi connectivity index (χ2v) is 5.33. The number of hydrogen-bond donors (Lipinski definition) is 1. The summed E-state index contributed by atoms with van der Waals surface area (Å²) in [7, 11) is 0. The summed E-state index contributed by atoms with van der Waals surface area (Å²) < 4.78 is 25.9. The number of thioether (sulfide) groups is 1. The fourth-order valence-electron chi connectivity index (χ4n) is 1.70. The first-order valence-corrected chi connectivity index (χ1v) is 6.88. The summed E-state index contributed by atoms with van der Waals surface area (Å²) in [6.07, 6.45) is -0.820. The quantitative estimate of drug-likeness (QED) is 0.851. The molecule has 0 aliphatic rings. The number of rotatable bonds is 4. The maximum atomic E-state index is 13.1. The largest absolute Gasteiger partial charge is 0.388 e. The molecular formula is C15H14F2OS. The summed E-state index contributed by atoms with van der Waals surface area (Å²) in [5.74, 6) is -1.43. The third-order valence-electron chi connectivity index (χ3n) is 2.82. The highest BCUT2D eigenvalue weighted by Gasteiger charge is 2.11. The van der Waals surface area contributed by atoms with Crippen molar-refractivity contribution in [2.45, 2.75) is 17.9 Å². The van der Waals surface area contributed by atoms with E-state index in [1.807, 2.05) is 31.2 Å². The van der Waals surface area contributed by atoms with Crippen molar-refractivity contribution in [3.63, 3.8) is 0 Å². The predicted octanol–water partition coefficient (Wildman–Crippen LogP) is 4.10. The molecule has 0 heterocycles. The third kappa shape index (κ3) is 3.55. The van der Waals surface area contributed by atoms with Gasteiger partial charge in [0.15, 0.2) is 11.6 Å². The van der Waals surface area contributed by atoms with Crippen molar-refractivity contribution >= 4 is 11.8 Å². The average Bonchev–Trinajstić information content (AvgIpc) is 2.40. The average molecular weight is 280 g/mol. The van der Waals surface area contributed by atoms with Gasteiger partial charge < -0.3 is 5.11 Å². The van der Waals surface area contributed by atoms with Gasteiger partial charge in [-0.05, 0) is 36.2 Å². The van der Waals surface area contributed by atoms with Gasteiger partial charge in [-0.3, -0.25) is 0 Å². The van der Waals surface area contributed by atoms with Gasteiger partial charge >= 0.3 is 0 Å². The smallest absolute Gasteiger partial charge is 0.159 e. The third-order valence-corrected chi connectivity index (χ3v) is 4.07. The molecule has 2 aromatic rings. The number of benzene rings is 2. The molecule has 0 bridgehead atoms. The van der Waals surface area contributed by atoms with Crippen molar-refractivity contribution in [2.24, 2.45) is 0 Å². The lowest BCUT2D eigenvalue weighted by Gasteiger charge is -2.12. The number of hydrogen-bond acceptors (Lipinski definition) is 2. The standard InChI is InChI=1S/C15H14F2OS/c1-10-4-2-3-5-15(10)19-9-14(18)11-6-7-12(16)13(17)8-11/h2-8,14,18H,9H2,1H3. The van der Waals surface area contributed by atoms with E-state index in [1.165, 1.54) is 17.8 Å². The van der Waals surface area contributed by atoms with Crippen LogP contribution in [0.5, 0.6) is 0 Å². The van der Waals surface area contributed by atoms with E-state index >= 15 is 0 Å². The molecule has 1 unspecified atom stereocenters. The van der Waals surface area contributed by atoms with E-state index in [0.717, 1.165) is 22.6 Å². The number of aliphatic hydroxyl groups is 1. The molecule has 0 aliphatic carbocycles. The lowest BCUT2D eigenvalue weighted by molar-refractivity contribution is 0.203. The Bertz CT molecular complexity index is 572. The zero-order valence-corrected chi connectivity index (χ0v) is 11.3. The van der Waals surface area contributed by atoms with Gasteiger partial charge in [0.05, 0.1) is 6.10 Å². The molecule has 100 valence electrons. The van der Waals surface area contributed by atoms with Crippen molar-refractivity contribution in [1.82, 2.24) is 0 Å². The van der Waals surface area contributed by atoms with E-state index in [9.17, 15) is 13.9 Å². The Hall–Kier alpha value is -1.39. The summed E-state index contributed by atoms with van der Waals surface area (Å²) in [6, 6.07) is 11.3. The highest BCUT2D eigenvalue weighted by atomic mass is 32.2. The zero-order valence-electron chi connectivity index (χ0n) is 10.4. The second-order valence-electron chi connectivity index (χ2n) is 4.27. The highest BCUT2D eigenvalue weighted by Crippen LogP contribution is 2.27. The molecule has 1 atom stereocenters. The fraction of sp³-hybridized carbons (Fsp3) is 0.200.